The standard InChI is InChI=1S/C36H65NO7/c1-3-5-7-8-9-10-11-12-13-14-19-23-32(40)31(28-38)37-35(42)24-20-16-15-18-22-30-33(41)27-36(43)44-34(30)26-25-29(39)21-17-6-4-2/h15,18-19,23,25-26,29-34,36,38-41,43H,3-14,16-17,20-22,24,27-28H2,1-2H3,(H,37,42)/b18-15-,23-19+,26-25+/t29-,30-,31-,32+,33-,34+,36?/m0/s1. The molecule has 1 unspecified atom stereocenters. The molecule has 1 fully saturated rings. The number of aliphatic hydroxyl groups excluding tert-OH is 5. The third kappa shape index (κ3) is 19.8. The molecule has 0 saturated carbocycles. The topological polar surface area (TPSA) is 139 Å². The number of hydrogen-bond donors (Lipinski definition) is 6. The van der Waals surface area contributed by atoms with E-state index in [1.807, 2.05) is 18.2 Å². The molecule has 1 aliphatic heterocycles. The second-order valence-corrected chi connectivity index (χ2v) is 12.5. The van der Waals surface area contributed by atoms with Gasteiger partial charge in [0, 0.05) is 18.8 Å². The molecule has 8 nitrogen and oxygen atoms in total. The first-order valence-electron chi connectivity index (χ1n) is 17.6. The van der Waals surface area contributed by atoms with Gasteiger partial charge in [0.2, 0.25) is 5.91 Å². The summed E-state index contributed by atoms with van der Waals surface area (Å²) in [6, 6.07) is -0.726. The summed E-state index contributed by atoms with van der Waals surface area (Å²) < 4.78 is 5.65. The number of carbonyl (C=O) groups excluding carboxylic acids is 1. The van der Waals surface area contributed by atoms with Crippen molar-refractivity contribution in [2.24, 2.45) is 5.92 Å². The highest BCUT2D eigenvalue weighted by Crippen LogP contribution is 2.29. The number of unbranched alkanes of at least 4 members (excludes halogenated alkanes) is 12. The van der Waals surface area contributed by atoms with Crippen molar-refractivity contribution in [3.05, 3.63) is 36.5 Å². The van der Waals surface area contributed by atoms with Crippen LogP contribution in [0.2, 0.25) is 0 Å². The summed E-state index contributed by atoms with van der Waals surface area (Å²) in [5.41, 5.74) is 0. The van der Waals surface area contributed by atoms with Crippen LogP contribution >= 0.6 is 0 Å². The van der Waals surface area contributed by atoms with Crippen LogP contribution in [-0.2, 0) is 9.53 Å². The molecular weight excluding hydrogens is 558 g/mol. The lowest BCUT2D eigenvalue weighted by molar-refractivity contribution is -0.199. The minimum atomic E-state index is -1.04. The summed E-state index contributed by atoms with van der Waals surface area (Å²) in [7, 11) is 0. The van der Waals surface area contributed by atoms with Crippen molar-refractivity contribution < 1.29 is 35.1 Å². The van der Waals surface area contributed by atoms with Crippen LogP contribution in [-0.4, -0.2) is 74.8 Å². The molecule has 1 amide bonds. The van der Waals surface area contributed by atoms with Crippen LogP contribution in [0, 0.1) is 5.92 Å². The molecule has 0 aromatic rings. The third-order valence-corrected chi connectivity index (χ3v) is 8.41. The second kappa shape index (κ2) is 26.6. The highest BCUT2D eigenvalue weighted by Gasteiger charge is 2.35. The van der Waals surface area contributed by atoms with E-state index < -0.39 is 36.7 Å². The van der Waals surface area contributed by atoms with Crippen LogP contribution in [0.5, 0.6) is 0 Å². The molecule has 0 aliphatic carbocycles. The molecule has 0 aromatic carbocycles. The summed E-state index contributed by atoms with van der Waals surface area (Å²) >= 11 is 0. The van der Waals surface area contributed by atoms with E-state index in [2.05, 4.69) is 19.2 Å². The zero-order chi connectivity index (χ0) is 32.4. The Kier molecular flexibility index (Phi) is 24.5. The van der Waals surface area contributed by atoms with Crippen molar-refractivity contribution in [1.82, 2.24) is 5.32 Å². The second-order valence-electron chi connectivity index (χ2n) is 12.5. The van der Waals surface area contributed by atoms with Crippen LogP contribution in [0.4, 0.5) is 0 Å². The summed E-state index contributed by atoms with van der Waals surface area (Å²) in [5, 5.41) is 53.5. The molecule has 1 saturated heterocycles. The largest absolute Gasteiger partial charge is 0.394 e. The van der Waals surface area contributed by atoms with Crippen molar-refractivity contribution >= 4 is 5.91 Å². The van der Waals surface area contributed by atoms with E-state index in [1.54, 1.807) is 18.2 Å². The number of hydrogen-bond acceptors (Lipinski definition) is 7. The van der Waals surface area contributed by atoms with Gasteiger partial charge in [-0.1, -0.05) is 121 Å². The minimum Gasteiger partial charge on any atom is -0.394 e. The summed E-state index contributed by atoms with van der Waals surface area (Å²) in [6.07, 6.45) is 25.6. The first kappa shape index (κ1) is 40.5. The molecule has 256 valence electrons. The molecule has 8 heteroatoms. The lowest BCUT2D eigenvalue weighted by Crippen LogP contribution is -2.45. The van der Waals surface area contributed by atoms with Gasteiger partial charge in [0.1, 0.15) is 0 Å². The maximum atomic E-state index is 12.4. The molecule has 0 radical (unpaired) electrons. The van der Waals surface area contributed by atoms with Gasteiger partial charge in [-0.15, -0.1) is 0 Å². The fourth-order valence-electron chi connectivity index (χ4n) is 5.57. The summed E-state index contributed by atoms with van der Waals surface area (Å²) in [5.74, 6) is -0.450. The first-order valence-corrected chi connectivity index (χ1v) is 17.6. The van der Waals surface area contributed by atoms with Crippen molar-refractivity contribution in [3.63, 3.8) is 0 Å². The zero-order valence-corrected chi connectivity index (χ0v) is 27.7. The molecule has 1 aliphatic rings. The fourth-order valence-corrected chi connectivity index (χ4v) is 5.57. The van der Waals surface area contributed by atoms with Gasteiger partial charge in [-0.3, -0.25) is 4.79 Å². The lowest BCUT2D eigenvalue weighted by atomic mass is 9.87. The maximum Gasteiger partial charge on any atom is 0.220 e. The van der Waals surface area contributed by atoms with Gasteiger partial charge in [0.15, 0.2) is 6.29 Å². The molecule has 44 heavy (non-hydrogen) atoms. The third-order valence-electron chi connectivity index (χ3n) is 8.41. The monoisotopic (exact) mass is 623 g/mol. The number of allylic oxidation sites excluding steroid dienone is 3. The van der Waals surface area contributed by atoms with Crippen molar-refractivity contribution in [3.8, 4) is 0 Å². The number of aliphatic hydroxyl groups is 5. The van der Waals surface area contributed by atoms with Gasteiger partial charge in [0.25, 0.3) is 0 Å². The Balaban J connectivity index is 2.31. The van der Waals surface area contributed by atoms with Crippen LogP contribution in [0.25, 0.3) is 0 Å². The molecule has 1 heterocycles. The van der Waals surface area contributed by atoms with E-state index >= 15 is 0 Å². The average Bonchev–Trinajstić information content (AvgIpc) is 3.00. The van der Waals surface area contributed by atoms with E-state index in [0.29, 0.717) is 25.7 Å². The Labute approximate surface area is 267 Å². The highest BCUT2D eigenvalue weighted by molar-refractivity contribution is 5.76. The highest BCUT2D eigenvalue weighted by atomic mass is 16.6. The van der Waals surface area contributed by atoms with E-state index in [-0.39, 0.29) is 31.3 Å². The van der Waals surface area contributed by atoms with E-state index in [1.165, 1.54) is 51.4 Å². The quantitative estimate of drug-likeness (QED) is 0.0513. The zero-order valence-electron chi connectivity index (χ0n) is 27.7. The number of amides is 1. The smallest absolute Gasteiger partial charge is 0.220 e. The number of rotatable bonds is 26. The normalized spacial score (nSPS) is 23.1. The van der Waals surface area contributed by atoms with Crippen LogP contribution < -0.4 is 5.32 Å². The van der Waals surface area contributed by atoms with Crippen molar-refractivity contribution in [2.75, 3.05) is 6.61 Å². The van der Waals surface area contributed by atoms with Crippen molar-refractivity contribution in [1.29, 1.82) is 0 Å². The van der Waals surface area contributed by atoms with Crippen LogP contribution in [0.1, 0.15) is 136 Å². The van der Waals surface area contributed by atoms with E-state index in [0.717, 1.165) is 32.1 Å². The summed E-state index contributed by atoms with van der Waals surface area (Å²) in [6.45, 7) is 4.02. The number of nitrogens with one attached hydrogen (secondary N) is 1. The van der Waals surface area contributed by atoms with Gasteiger partial charge in [-0.05, 0) is 38.5 Å². The maximum absolute atomic E-state index is 12.4. The SMILES string of the molecule is CCCCCCCCCCC/C=C/[C@@H](O)[C@H](CO)NC(=O)CCC/C=C\C[C@H]1[C@@H](O)CC(O)O[C@@H]1/C=C/[C@@H](O)CCCCC. The van der Waals surface area contributed by atoms with Gasteiger partial charge in [-0.25, -0.2) is 0 Å². The average molecular weight is 624 g/mol. The molecule has 6 N–H and O–H groups in total. The van der Waals surface area contributed by atoms with Gasteiger partial charge >= 0.3 is 0 Å². The van der Waals surface area contributed by atoms with E-state index in [9.17, 15) is 30.3 Å². The Hall–Kier alpha value is -1.55. The molecule has 0 spiro atoms. The summed E-state index contributed by atoms with van der Waals surface area (Å²) in [4.78, 5) is 12.4. The van der Waals surface area contributed by atoms with Gasteiger partial charge in [0.05, 0.1) is 37.1 Å². The molecule has 1 rings (SSSR count). The molecule has 0 bridgehead atoms. The Morgan fingerprint density at radius 1 is 0.841 bits per heavy atom. The molecule has 0 aromatic heterocycles. The Bertz CT molecular complexity index is 786. The van der Waals surface area contributed by atoms with Crippen LogP contribution in [0.3, 0.4) is 0 Å². The lowest BCUT2D eigenvalue weighted by Gasteiger charge is -2.36. The Morgan fingerprint density at radius 2 is 1.48 bits per heavy atom. The van der Waals surface area contributed by atoms with Gasteiger partial charge < -0.3 is 35.6 Å². The molecule has 7 atom stereocenters. The molecular formula is C36H65NO7. The van der Waals surface area contributed by atoms with Crippen LogP contribution in [0.15, 0.2) is 36.5 Å². The fraction of sp³-hybridized carbons (Fsp3) is 0.806. The first-order chi connectivity index (χ1) is 21.3. The number of ether oxygens (including phenoxy) is 1. The van der Waals surface area contributed by atoms with Crippen molar-refractivity contribution in [2.45, 2.75) is 173 Å². The predicted octanol–water partition coefficient (Wildman–Crippen LogP) is 6.00. The predicted molar refractivity (Wildman–Crippen MR) is 178 cm³/mol. The van der Waals surface area contributed by atoms with E-state index in [4.69, 9.17) is 4.74 Å². The Morgan fingerprint density at radius 3 is 2.16 bits per heavy atom. The minimum absolute atomic E-state index is 0.147. The van der Waals surface area contributed by atoms with Gasteiger partial charge in [-0.2, -0.15) is 0 Å². The number of carbonyl (C=O) groups is 1.